The number of nitrogens with one attached hydrogen (secondary N) is 1. The van der Waals surface area contributed by atoms with Crippen LogP contribution in [0.4, 0.5) is 8.78 Å². The van der Waals surface area contributed by atoms with E-state index in [1.165, 1.54) is 24.3 Å². The van der Waals surface area contributed by atoms with Gasteiger partial charge in [-0.3, -0.25) is 0 Å². The van der Waals surface area contributed by atoms with Crippen LogP contribution in [0.1, 0.15) is 17.5 Å². The van der Waals surface area contributed by atoms with Crippen LogP contribution < -0.4 is 10.1 Å². The third-order valence-electron chi connectivity index (χ3n) is 5.01. The molecule has 0 aromatic heterocycles. The predicted octanol–water partition coefficient (Wildman–Crippen LogP) is 4.85. The molecule has 0 aliphatic heterocycles. The Morgan fingerprint density at radius 3 is 2.03 bits per heavy atom. The molecule has 0 amide bonds. The fraction of sp³-hybridized carbons (Fsp3) is 0.250. The lowest BCUT2D eigenvalue weighted by molar-refractivity contribution is 0.0690. The number of hydrogen-bond donors (Lipinski definition) is 1. The summed E-state index contributed by atoms with van der Waals surface area (Å²) < 4.78 is 60.4. The van der Waals surface area contributed by atoms with Crippen LogP contribution in [0.15, 0.2) is 89.8 Å². The number of rotatable bonds is 10. The van der Waals surface area contributed by atoms with Crippen LogP contribution in [-0.4, -0.2) is 26.8 Å². The van der Waals surface area contributed by atoms with Crippen molar-refractivity contribution in [2.75, 3.05) is 7.11 Å². The predicted molar refractivity (Wildman–Crippen MR) is 117 cm³/mol. The molecule has 3 aromatic rings. The maximum absolute atomic E-state index is 15.0. The maximum Gasteiger partial charge on any atom is 0.351 e. The largest absolute Gasteiger partial charge is 0.497 e. The summed E-state index contributed by atoms with van der Waals surface area (Å²) in [6.07, 6.45) is -0.563. The standard InChI is InChI=1S/C24H25F2NO3S/c1-30-22-14-12-20(13-15-22)18-27-21(16-19-8-4-2-5-9-19)17-24(25,26)31(28,29)23-10-6-3-7-11-23/h2-15,21,27H,16-18H2,1H3/t21-/m0/s1. The Balaban J connectivity index is 1.79. The van der Waals surface area contributed by atoms with Gasteiger partial charge in [-0.2, -0.15) is 8.78 Å². The smallest absolute Gasteiger partial charge is 0.351 e. The topological polar surface area (TPSA) is 55.4 Å². The maximum atomic E-state index is 15.0. The molecule has 7 heteroatoms. The zero-order valence-electron chi connectivity index (χ0n) is 17.2. The molecule has 0 bridgehead atoms. The summed E-state index contributed by atoms with van der Waals surface area (Å²) in [7, 11) is -3.24. The van der Waals surface area contributed by atoms with Gasteiger partial charge < -0.3 is 10.1 Å². The van der Waals surface area contributed by atoms with E-state index in [4.69, 9.17) is 4.74 Å². The monoisotopic (exact) mass is 445 g/mol. The lowest BCUT2D eigenvalue weighted by Crippen LogP contribution is -2.40. The second kappa shape index (κ2) is 10.0. The first-order valence-corrected chi connectivity index (χ1v) is 11.4. The summed E-state index contributed by atoms with van der Waals surface area (Å²) in [4.78, 5) is -0.381. The Hall–Kier alpha value is -2.77. The van der Waals surface area contributed by atoms with Crippen molar-refractivity contribution < 1.29 is 21.9 Å². The summed E-state index contributed by atoms with van der Waals surface area (Å²) in [5, 5.41) is -0.800. The molecule has 31 heavy (non-hydrogen) atoms. The molecule has 0 heterocycles. The summed E-state index contributed by atoms with van der Waals surface area (Å²) >= 11 is 0. The van der Waals surface area contributed by atoms with E-state index in [0.29, 0.717) is 12.3 Å². The Bertz CT molecular complexity index is 1060. The third kappa shape index (κ3) is 5.89. The number of hydrogen-bond acceptors (Lipinski definition) is 4. The molecular formula is C24H25F2NO3S. The minimum Gasteiger partial charge on any atom is -0.497 e. The highest BCUT2D eigenvalue weighted by Crippen LogP contribution is 2.34. The molecule has 0 unspecified atom stereocenters. The zero-order valence-corrected chi connectivity index (χ0v) is 18.0. The molecule has 0 saturated carbocycles. The molecule has 3 rings (SSSR count). The summed E-state index contributed by atoms with van der Waals surface area (Å²) in [6.45, 7) is 0.322. The SMILES string of the molecule is COc1ccc(CN[C@@H](Cc2ccccc2)CC(F)(F)S(=O)(=O)c2ccccc2)cc1. The van der Waals surface area contributed by atoms with Crippen molar-refractivity contribution in [1.29, 1.82) is 0 Å². The first-order valence-electron chi connectivity index (χ1n) is 9.89. The van der Waals surface area contributed by atoms with Crippen LogP contribution in [-0.2, 0) is 22.8 Å². The van der Waals surface area contributed by atoms with E-state index < -0.39 is 27.6 Å². The number of methoxy groups -OCH3 is 1. The van der Waals surface area contributed by atoms with E-state index in [0.717, 1.165) is 11.1 Å². The van der Waals surface area contributed by atoms with Crippen molar-refractivity contribution in [3.8, 4) is 5.75 Å². The zero-order chi connectivity index (χ0) is 22.3. The van der Waals surface area contributed by atoms with Crippen molar-refractivity contribution in [1.82, 2.24) is 5.32 Å². The average Bonchev–Trinajstić information content (AvgIpc) is 2.79. The second-order valence-electron chi connectivity index (χ2n) is 7.27. The van der Waals surface area contributed by atoms with E-state index in [2.05, 4.69) is 5.32 Å². The molecule has 0 radical (unpaired) electrons. The van der Waals surface area contributed by atoms with E-state index in [-0.39, 0.29) is 11.3 Å². The van der Waals surface area contributed by atoms with Gasteiger partial charge in [-0.1, -0.05) is 60.7 Å². The van der Waals surface area contributed by atoms with Crippen LogP contribution >= 0.6 is 0 Å². The number of benzene rings is 3. The van der Waals surface area contributed by atoms with Crippen LogP contribution in [0.25, 0.3) is 0 Å². The molecule has 0 aliphatic carbocycles. The number of halogens is 2. The van der Waals surface area contributed by atoms with Crippen LogP contribution in [0.3, 0.4) is 0 Å². The van der Waals surface area contributed by atoms with Crippen LogP contribution in [0.2, 0.25) is 0 Å². The first-order chi connectivity index (χ1) is 14.8. The highest BCUT2D eigenvalue weighted by atomic mass is 32.2. The third-order valence-corrected chi connectivity index (χ3v) is 6.86. The van der Waals surface area contributed by atoms with Gasteiger partial charge in [0, 0.05) is 19.0 Å². The Kier molecular flexibility index (Phi) is 7.41. The van der Waals surface area contributed by atoms with Crippen LogP contribution in [0.5, 0.6) is 5.75 Å². The van der Waals surface area contributed by atoms with E-state index in [9.17, 15) is 8.42 Å². The number of sulfone groups is 1. The molecule has 0 saturated heterocycles. The number of ether oxygens (including phenoxy) is 1. The quantitative estimate of drug-likeness (QED) is 0.485. The van der Waals surface area contributed by atoms with Gasteiger partial charge in [0.15, 0.2) is 0 Å². The highest BCUT2D eigenvalue weighted by molar-refractivity contribution is 7.92. The molecule has 1 atom stereocenters. The fourth-order valence-corrected chi connectivity index (χ4v) is 4.57. The Morgan fingerprint density at radius 2 is 1.45 bits per heavy atom. The molecule has 0 fully saturated rings. The normalized spacial score (nSPS) is 13.0. The van der Waals surface area contributed by atoms with Gasteiger partial charge in [0.2, 0.25) is 9.84 Å². The fourth-order valence-electron chi connectivity index (χ4n) is 3.29. The van der Waals surface area contributed by atoms with Gasteiger partial charge >= 0.3 is 5.25 Å². The van der Waals surface area contributed by atoms with Crippen LogP contribution in [0, 0.1) is 0 Å². The molecule has 4 nitrogen and oxygen atoms in total. The van der Waals surface area contributed by atoms with Crippen molar-refractivity contribution in [3.63, 3.8) is 0 Å². The Morgan fingerprint density at radius 1 is 0.871 bits per heavy atom. The molecule has 0 aliphatic rings. The molecular weight excluding hydrogens is 420 g/mol. The van der Waals surface area contributed by atoms with Gasteiger partial charge in [0.05, 0.1) is 12.0 Å². The van der Waals surface area contributed by atoms with Gasteiger partial charge in [-0.05, 0) is 41.8 Å². The van der Waals surface area contributed by atoms with Crippen molar-refractivity contribution >= 4 is 9.84 Å². The lowest BCUT2D eigenvalue weighted by atomic mass is 10.0. The minimum atomic E-state index is -4.81. The van der Waals surface area contributed by atoms with Crippen molar-refractivity contribution in [2.24, 2.45) is 0 Å². The number of alkyl halides is 2. The lowest BCUT2D eigenvalue weighted by Gasteiger charge is -2.25. The van der Waals surface area contributed by atoms with Gasteiger partial charge in [-0.15, -0.1) is 0 Å². The van der Waals surface area contributed by atoms with E-state index in [1.54, 1.807) is 25.3 Å². The first kappa shape index (κ1) is 22.9. The Labute approximate surface area is 181 Å². The van der Waals surface area contributed by atoms with Crippen molar-refractivity contribution in [3.05, 3.63) is 96.1 Å². The molecule has 3 aromatic carbocycles. The van der Waals surface area contributed by atoms with Crippen molar-refractivity contribution in [2.45, 2.75) is 35.6 Å². The minimum absolute atomic E-state index is 0.275. The summed E-state index contributed by atoms with van der Waals surface area (Å²) in [5.74, 6) is 0.699. The second-order valence-corrected chi connectivity index (χ2v) is 9.35. The molecule has 1 N–H and O–H groups in total. The summed E-state index contributed by atoms with van der Waals surface area (Å²) in [5.41, 5.74) is 1.73. The average molecular weight is 446 g/mol. The highest BCUT2D eigenvalue weighted by Gasteiger charge is 2.47. The molecule has 164 valence electrons. The van der Waals surface area contributed by atoms with Gasteiger partial charge in [0.25, 0.3) is 0 Å². The van der Waals surface area contributed by atoms with E-state index in [1.807, 2.05) is 42.5 Å². The van der Waals surface area contributed by atoms with Gasteiger partial charge in [0.1, 0.15) is 5.75 Å². The summed E-state index contributed by atoms with van der Waals surface area (Å²) in [6, 6.07) is 22.5. The van der Waals surface area contributed by atoms with E-state index >= 15 is 8.78 Å². The van der Waals surface area contributed by atoms with Gasteiger partial charge in [-0.25, -0.2) is 8.42 Å². The molecule has 0 spiro atoms.